The van der Waals surface area contributed by atoms with Gasteiger partial charge in [-0.3, -0.25) is 9.59 Å². The Balaban J connectivity index is 1.59. The molecule has 1 aliphatic rings. The van der Waals surface area contributed by atoms with Crippen LogP contribution in [0.1, 0.15) is 28.5 Å². The van der Waals surface area contributed by atoms with E-state index in [2.05, 4.69) is 10.4 Å². The van der Waals surface area contributed by atoms with Crippen molar-refractivity contribution in [2.75, 3.05) is 11.9 Å². The van der Waals surface area contributed by atoms with Gasteiger partial charge in [-0.05, 0) is 35.7 Å². The Kier molecular flexibility index (Phi) is 3.99. The van der Waals surface area contributed by atoms with Gasteiger partial charge in [0.15, 0.2) is 5.69 Å². The van der Waals surface area contributed by atoms with Crippen molar-refractivity contribution in [1.82, 2.24) is 14.5 Å². The number of nitrogens with one attached hydrogen (secondary N) is 1. The summed E-state index contributed by atoms with van der Waals surface area (Å²) in [7, 11) is 5.77. The van der Waals surface area contributed by atoms with Gasteiger partial charge in [0, 0.05) is 31.9 Å². The molecule has 128 valence electrons. The molecule has 0 fully saturated rings. The second kappa shape index (κ2) is 6.33. The molecule has 2 aromatic heterocycles. The third-order valence-electron chi connectivity index (χ3n) is 4.57. The van der Waals surface area contributed by atoms with Gasteiger partial charge < -0.3 is 10.2 Å². The van der Waals surface area contributed by atoms with Crippen molar-refractivity contribution in [2.24, 2.45) is 0 Å². The Morgan fingerprint density at radius 2 is 2.08 bits per heavy atom. The van der Waals surface area contributed by atoms with E-state index in [1.54, 1.807) is 27.7 Å². The van der Waals surface area contributed by atoms with Crippen molar-refractivity contribution in [2.45, 2.75) is 19.9 Å². The normalized spacial score (nSPS) is 13.5. The number of carbonyl (C=O) groups excluding carboxylic acids is 2. The van der Waals surface area contributed by atoms with E-state index in [0.717, 1.165) is 22.3 Å². The largest absolute Gasteiger partial charge is 0.333 e. The molecule has 2 amide bonds. The van der Waals surface area contributed by atoms with Gasteiger partial charge in [0.2, 0.25) is 5.91 Å². The number of nitrogens with zero attached hydrogens (tertiary/aromatic N) is 3. The Labute approximate surface area is 152 Å². The molecule has 1 aromatic carbocycles. The molecule has 6 nitrogen and oxygen atoms in total. The SMILES string of the molecule is [B]c1ccc2cc(C(=O)N3CCc4c(cccc4NC(C)=O)C3)nn2c1. The molecule has 0 aliphatic carbocycles. The minimum atomic E-state index is -0.108. The van der Waals surface area contributed by atoms with Crippen LogP contribution in [0.5, 0.6) is 0 Å². The maximum absolute atomic E-state index is 12.9. The first-order chi connectivity index (χ1) is 12.5. The number of anilines is 1. The van der Waals surface area contributed by atoms with E-state index < -0.39 is 0 Å². The van der Waals surface area contributed by atoms with Gasteiger partial charge in [-0.15, -0.1) is 0 Å². The Morgan fingerprint density at radius 1 is 1.23 bits per heavy atom. The second-order valence-electron chi connectivity index (χ2n) is 6.46. The van der Waals surface area contributed by atoms with Crippen LogP contribution in [0, 0.1) is 0 Å². The third-order valence-corrected chi connectivity index (χ3v) is 4.57. The molecule has 0 spiro atoms. The van der Waals surface area contributed by atoms with Crippen molar-refractivity contribution in [3.63, 3.8) is 0 Å². The molecule has 0 saturated heterocycles. The van der Waals surface area contributed by atoms with Crippen LogP contribution in [0.15, 0.2) is 42.6 Å². The lowest BCUT2D eigenvalue weighted by Crippen LogP contribution is -2.36. The van der Waals surface area contributed by atoms with Crippen molar-refractivity contribution in [3.05, 3.63) is 59.4 Å². The fourth-order valence-corrected chi connectivity index (χ4v) is 3.36. The summed E-state index contributed by atoms with van der Waals surface area (Å²) in [4.78, 5) is 26.0. The Bertz CT molecular complexity index is 1030. The van der Waals surface area contributed by atoms with Gasteiger partial charge >= 0.3 is 0 Å². The zero-order valence-electron chi connectivity index (χ0n) is 14.4. The Hall–Kier alpha value is -3.09. The standard InChI is InChI=1S/C19H17BN4O2/c1-12(25)21-17-4-2-3-13-10-23(8-7-16(13)17)19(26)18-9-15-6-5-14(20)11-24(15)22-18/h2-6,9,11H,7-8,10H2,1H3,(H,21,25). The first-order valence-corrected chi connectivity index (χ1v) is 8.44. The average molecular weight is 344 g/mol. The van der Waals surface area contributed by atoms with Crippen molar-refractivity contribution >= 4 is 36.3 Å². The summed E-state index contributed by atoms with van der Waals surface area (Å²) >= 11 is 0. The Morgan fingerprint density at radius 3 is 2.88 bits per heavy atom. The van der Waals surface area contributed by atoms with E-state index in [9.17, 15) is 9.59 Å². The number of hydrogen-bond acceptors (Lipinski definition) is 3. The summed E-state index contributed by atoms with van der Waals surface area (Å²) in [6.45, 7) is 2.57. The van der Waals surface area contributed by atoms with Gasteiger partial charge in [0.1, 0.15) is 7.85 Å². The highest BCUT2D eigenvalue weighted by Crippen LogP contribution is 2.27. The van der Waals surface area contributed by atoms with Gasteiger partial charge in [-0.25, -0.2) is 4.52 Å². The summed E-state index contributed by atoms with van der Waals surface area (Å²) in [6, 6.07) is 11.2. The van der Waals surface area contributed by atoms with Crippen LogP contribution in [0.25, 0.3) is 5.52 Å². The topological polar surface area (TPSA) is 66.7 Å². The molecule has 2 radical (unpaired) electrons. The maximum atomic E-state index is 12.9. The summed E-state index contributed by atoms with van der Waals surface area (Å²) in [5.74, 6) is -0.205. The van der Waals surface area contributed by atoms with Crippen LogP contribution in [0.3, 0.4) is 0 Å². The van der Waals surface area contributed by atoms with Crippen molar-refractivity contribution < 1.29 is 9.59 Å². The smallest absolute Gasteiger partial charge is 0.274 e. The first kappa shape index (κ1) is 16.4. The zero-order valence-corrected chi connectivity index (χ0v) is 14.4. The van der Waals surface area contributed by atoms with Gasteiger partial charge in [-0.2, -0.15) is 5.10 Å². The molecule has 1 N–H and O–H groups in total. The van der Waals surface area contributed by atoms with Crippen molar-refractivity contribution in [3.8, 4) is 0 Å². The van der Waals surface area contributed by atoms with Crippen LogP contribution in [0.4, 0.5) is 5.69 Å². The summed E-state index contributed by atoms with van der Waals surface area (Å²) in [5.41, 5.74) is 4.78. The summed E-state index contributed by atoms with van der Waals surface area (Å²) in [5, 5.41) is 7.21. The average Bonchev–Trinajstić information content (AvgIpc) is 3.03. The number of hydrogen-bond donors (Lipinski definition) is 1. The molecular weight excluding hydrogens is 327 g/mol. The maximum Gasteiger partial charge on any atom is 0.274 e. The molecule has 26 heavy (non-hydrogen) atoms. The van der Waals surface area contributed by atoms with Crippen LogP contribution < -0.4 is 10.8 Å². The summed E-state index contributed by atoms with van der Waals surface area (Å²) in [6.07, 6.45) is 2.38. The van der Waals surface area contributed by atoms with Crippen LogP contribution in [-0.2, 0) is 17.8 Å². The zero-order chi connectivity index (χ0) is 18.3. The summed E-state index contributed by atoms with van der Waals surface area (Å²) < 4.78 is 1.62. The van der Waals surface area contributed by atoms with Crippen LogP contribution in [0.2, 0.25) is 0 Å². The minimum Gasteiger partial charge on any atom is -0.333 e. The number of benzene rings is 1. The fraction of sp³-hybridized carbons (Fsp3) is 0.211. The van der Waals surface area contributed by atoms with Gasteiger partial charge in [0.05, 0.1) is 5.52 Å². The second-order valence-corrected chi connectivity index (χ2v) is 6.46. The van der Waals surface area contributed by atoms with Crippen molar-refractivity contribution in [1.29, 1.82) is 0 Å². The molecular formula is C19H17BN4O2. The molecule has 1 aliphatic heterocycles. The van der Waals surface area contributed by atoms with E-state index in [1.165, 1.54) is 6.92 Å². The molecule has 7 heteroatoms. The number of fused-ring (bicyclic) bond motifs is 2. The number of rotatable bonds is 2. The number of amides is 2. The molecule has 0 bridgehead atoms. The van der Waals surface area contributed by atoms with Crippen LogP contribution in [-0.4, -0.2) is 40.7 Å². The van der Waals surface area contributed by atoms with E-state index in [-0.39, 0.29) is 11.8 Å². The number of aromatic nitrogens is 2. The lowest BCUT2D eigenvalue weighted by molar-refractivity contribution is -0.114. The molecule has 0 atom stereocenters. The van der Waals surface area contributed by atoms with E-state index in [0.29, 0.717) is 30.7 Å². The predicted molar refractivity (Wildman–Crippen MR) is 99.8 cm³/mol. The number of carbonyl (C=O) groups is 2. The first-order valence-electron chi connectivity index (χ1n) is 8.44. The highest BCUT2D eigenvalue weighted by Gasteiger charge is 2.25. The monoisotopic (exact) mass is 344 g/mol. The molecule has 4 rings (SSSR count). The van der Waals surface area contributed by atoms with E-state index in [4.69, 9.17) is 7.85 Å². The lowest BCUT2D eigenvalue weighted by atomic mass is 9.97. The highest BCUT2D eigenvalue weighted by atomic mass is 16.2. The lowest BCUT2D eigenvalue weighted by Gasteiger charge is -2.29. The fourth-order valence-electron chi connectivity index (χ4n) is 3.36. The minimum absolute atomic E-state index is 0.0964. The van der Waals surface area contributed by atoms with Gasteiger partial charge in [0.25, 0.3) is 5.91 Å². The molecule has 0 saturated carbocycles. The van der Waals surface area contributed by atoms with Gasteiger partial charge in [-0.1, -0.05) is 23.7 Å². The third kappa shape index (κ3) is 2.96. The molecule has 3 heterocycles. The number of pyridine rings is 1. The predicted octanol–water partition coefficient (Wildman–Crippen LogP) is 1.28. The quantitative estimate of drug-likeness (QED) is 0.713. The van der Waals surface area contributed by atoms with Crippen LogP contribution >= 0.6 is 0 Å². The van der Waals surface area contributed by atoms with E-state index >= 15 is 0 Å². The van der Waals surface area contributed by atoms with E-state index in [1.807, 2.05) is 24.3 Å². The highest BCUT2D eigenvalue weighted by molar-refractivity contribution is 6.32. The molecule has 3 aromatic rings. The molecule has 0 unspecified atom stereocenters.